The Morgan fingerprint density at radius 2 is 1.05 bits per heavy atom. The third-order valence-electron chi connectivity index (χ3n) is 2.71. The molecule has 2 rings (SSSR count). The molecule has 3 nitrogen and oxygen atoms in total. The topological polar surface area (TPSA) is 60.7 Å². The summed E-state index contributed by atoms with van der Waals surface area (Å²) in [4.78, 5) is 0. The second-order valence-electron chi connectivity index (χ2n) is 4.18. The van der Waals surface area contributed by atoms with Gasteiger partial charge in [0.1, 0.15) is 0 Å². The maximum atomic E-state index is 9.10. The van der Waals surface area contributed by atoms with E-state index >= 15 is 0 Å². The molecule has 2 fully saturated rings. The molecule has 0 spiro atoms. The van der Waals surface area contributed by atoms with Crippen LogP contribution in [0.2, 0.25) is 0 Å². The molecule has 0 amide bonds. The first-order valence-electron chi connectivity index (χ1n) is 5.81. The summed E-state index contributed by atoms with van der Waals surface area (Å²) in [6.07, 6.45) is 18.0. The molecule has 3 N–H and O–H groups in total. The van der Waals surface area contributed by atoms with Crippen molar-refractivity contribution in [2.45, 2.75) is 0 Å². The standard InChI is InChI=1S/C9H15O3P.C5H5.Fe.HI/c10-6-13(7-11,8-12)5-9-3-1-2-4-9;1-2-4-5-3-1;;/h1-4,10-12H,5-8H2;1-5H;;1H/q+1;;;/p-1. The predicted molar refractivity (Wildman–Crippen MR) is 75.0 cm³/mol. The molecule has 10 radical (unpaired) electrons. The fourth-order valence-electron chi connectivity index (χ4n) is 1.51. The van der Waals surface area contributed by atoms with E-state index in [0.717, 1.165) is 5.92 Å². The molecule has 0 aromatic rings. The Kier molecular flexibility index (Phi) is 16.9. The summed E-state index contributed by atoms with van der Waals surface area (Å²) in [6, 6.07) is 0. The second-order valence-corrected chi connectivity index (χ2v) is 8.03. The van der Waals surface area contributed by atoms with Crippen LogP contribution in [-0.4, -0.2) is 40.5 Å². The van der Waals surface area contributed by atoms with Crippen LogP contribution in [0.5, 0.6) is 0 Å². The van der Waals surface area contributed by atoms with E-state index in [9.17, 15) is 0 Å². The van der Waals surface area contributed by atoms with Crippen LogP contribution in [0.4, 0.5) is 0 Å². The fourth-order valence-corrected chi connectivity index (χ4v) is 3.07. The minimum absolute atomic E-state index is 0. The van der Waals surface area contributed by atoms with E-state index < -0.39 is 7.26 Å². The van der Waals surface area contributed by atoms with Crippen molar-refractivity contribution in [1.29, 1.82) is 0 Å². The van der Waals surface area contributed by atoms with E-state index in [1.807, 2.05) is 57.8 Å². The van der Waals surface area contributed by atoms with Crippen molar-refractivity contribution in [3.63, 3.8) is 0 Å². The molecule has 2 aliphatic carbocycles. The Morgan fingerprint density at radius 3 is 1.35 bits per heavy atom. The molecule has 0 atom stereocenters. The van der Waals surface area contributed by atoms with Crippen LogP contribution in [0.15, 0.2) is 0 Å². The first-order valence-corrected chi connectivity index (χ1v) is 8.34. The number of rotatable bonds is 5. The van der Waals surface area contributed by atoms with Crippen LogP contribution in [0.3, 0.4) is 0 Å². The molecule has 0 aromatic carbocycles. The van der Waals surface area contributed by atoms with Gasteiger partial charge in [0.15, 0.2) is 19.0 Å². The Labute approximate surface area is 152 Å². The average Bonchev–Trinajstić information content (AvgIpc) is 3.11. The van der Waals surface area contributed by atoms with Gasteiger partial charge in [-0.05, 0) is 57.8 Å². The van der Waals surface area contributed by atoms with Gasteiger partial charge in [-0.25, -0.2) is 0 Å². The number of hydrogen-bond acceptors (Lipinski definition) is 3. The van der Waals surface area contributed by atoms with Crippen molar-refractivity contribution in [3.8, 4) is 0 Å². The summed E-state index contributed by atoms with van der Waals surface area (Å²) in [6.45, 7) is 0. The van der Waals surface area contributed by atoms with Crippen LogP contribution in [-0.2, 0) is 17.1 Å². The Balaban J connectivity index is 0. The molecule has 2 aliphatic rings. The number of aliphatic hydroxyl groups is 3. The van der Waals surface area contributed by atoms with E-state index in [0.29, 0.717) is 6.16 Å². The van der Waals surface area contributed by atoms with E-state index in [1.54, 1.807) is 0 Å². The van der Waals surface area contributed by atoms with E-state index in [-0.39, 0.29) is 60.1 Å². The van der Waals surface area contributed by atoms with Crippen molar-refractivity contribution in [3.05, 3.63) is 63.7 Å². The average molecular weight is 450 g/mol. The molecule has 0 aliphatic heterocycles. The summed E-state index contributed by atoms with van der Waals surface area (Å²) in [7, 11) is -1.96. The molecule has 0 unspecified atom stereocenters. The second kappa shape index (κ2) is 14.2. The molecule has 0 heterocycles. The Hall–Kier alpha value is 1.56. The third kappa shape index (κ3) is 8.87. The summed E-state index contributed by atoms with van der Waals surface area (Å²) in [5.74, 6) is 1.07. The van der Waals surface area contributed by atoms with Crippen LogP contribution >= 0.6 is 7.26 Å². The summed E-state index contributed by atoms with van der Waals surface area (Å²) >= 11 is 0. The molecule has 114 valence electrons. The zero-order valence-electron chi connectivity index (χ0n) is 11.0. The van der Waals surface area contributed by atoms with Gasteiger partial charge < -0.3 is 39.3 Å². The van der Waals surface area contributed by atoms with Crippen molar-refractivity contribution in [2.75, 3.05) is 25.2 Å². The zero-order valence-corrected chi connectivity index (χ0v) is 15.2. The van der Waals surface area contributed by atoms with Gasteiger partial charge in [0.05, 0.1) is 13.4 Å². The largest absolute Gasteiger partial charge is 1.00 e. The number of aliphatic hydroxyl groups excluding tert-OH is 3. The zero-order chi connectivity index (χ0) is 13.3. The van der Waals surface area contributed by atoms with Gasteiger partial charge in [-0.2, -0.15) is 0 Å². The SMILES string of the molecule is OC[P+](CO)(CO)C[C]1[CH][CH][CH][CH]1.[CH]1[CH][CH][CH][CH]1.[Fe].[I-]. The van der Waals surface area contributed by atoms with Gasteiger partial charge >= 0.3 is 0 Å². The summed E-state index contributed by atoms with van der Waals surface area (Å²) in [5, 5.41) is 27.3. The van der Waals surface area contributed by atoms with Gasteiger partial charge in [-0.1, -0.05) is 0 Å². The predicted octanol–water partition coefficient (Wildman–Crippen LogP) is -1.72. The van der Waals surface area contributed by atoms with Crippen LogP contribution in [0.25, 0.3) is 0 Å². The van der Waals surface area contributed by atoms with E-state index in [4.69, 9.17) is 15.3 Å². The van der Waals surface area contributed by atoms with Gasteiger partial charge in [0, 0.05) is 23.0 Å². The molecular weight excluding hydrogens is 430 g/mol. The van der Waals surface area contributed by atoms with Crippen molar-refractivity contribution in [2.24, 2.45) is 0 Å². The molecule has 0 bridgehead atoms. The molecule has 0 saturated heterocycles. The number of halogens is 1. The normalized spacial score (nSPS) is 18.8. The minimum atomic E-state index is -1.96. The van der Waals surface area contributed by atoms with Crippen LogP contribution in [0.1, 0.15) is 0 Å². The molecule has 2 saturated carbocycles. The summed E-state index contributed by atoms with van der Waals surface area (Å²) in [5.41, 5.74) is 0. The molecule has 0 aromatic heterocycles. The first kappa shape index (κ1) is 23.8. The first-order chi connectivity index (χ1) is 8.76. The summed E-state index contributed by atoms with van der Waals surface area (Å²) < 4.78 is 0. The maximum Gasteiger partial charge on any atom is 0.158 e. The van der Waals surface area contributed by atoms with Crippen LogP contribution in [0, 0.1) is 63.7 Å². The fraction of sp³-hybridized carbons (Fsp3) is 0.286. The molecule has 20 heavy (non-hydrogen) atoms. The van der Waals surface area contributed by atoms with Crippen LogP contribution < -0.4 is 24.0 Å². The van der Waals surface area contributed by atoms with Gasteiger partial charge in [-0.15, -0.1) is 0 Å². The smallest absolute Gasteiger partial charge is 0.158 e. The molecule has 6 heteroatoms. The minimum Gasteiger partial charge on any atom is -1.00 e. The maximum absolute atomic E-state index is 9.10. The Morgan fingerprint density at radius 1 is 0.700 bits per heavy atom. The van der Waals surface area contributed by atoms with Gasteiger partial charge in [0.25, 0.3) is 0 Å². The quantitative estimate of drug-likeness (QED) is 0.266. The molecular formula is C14H20FeIO3P. The third-order valence-corrected chi connectivity index (χ3v) is 5.54. The van der Waals surface area contributed by atoms with E-state index in [1.165, 1.54) is 0 Å². The van der Waals surface area contributed by atoms with E-state index in [2.05, 4.69) is 0 Å². The van der Waals surface area contributed by atoms with Gasteiger partial charge in [-0.3, -0.25) is 0 Å². The number of hydrogen-bond donors (Lipinski definition) is 3. The van der Waals surface area contributed by atoms with Crippen molar-refractivity contribution in [1.82, 2.24) is 0 Å². The van der Waals surface area contributed by atoms with Gasteiger partial charge in [0.2, 0.25) is 0 Å². The Bertz CT molecular complexity index is 193. The van der Waals surface area contributed by atoms with Crippen molar-refractivity contribution >= 4 is 7.26 Å². The van der Waals surface area contributed by atoms with Crippen molar-refractivity contribution < 1.29 is 56.4 Å². The monoisotopic (exact) mass is 450 g/mol.